The molecular formula is C12H16N2O8. The second-order valence-electron chi connectivity index (χ2n) is 4.83. The predicted octanol–water partition coefficient (Wildman–Crippen LogP) is -2.79. The van der Waals surface area contributed by atoms with Crippen LogP contribution in [0.2, 0.25) is 0 Å². The van der Waals surface area contributed by atoms with Crippen molar-refractivity contribution in [3.8, 4) is 0 Å². The zero-order valence-electron chi connectivity index (χ0n) is 11.6. The van der Waals surface area contributed by atoms with E-state index < -0.39 is 48.4 Å². The standard InChI is InChI=1S/C12H16N2O8/c1-5(16)21-4-7-8(17)9(18)11(22-7)14-2-6(3-15)10(19)13-12(14)20/h2,7-9,11,15,17-18H,3-4H2,1H3,(H,13,19,20)/t7-,8-,9-,11-/m1/s1. The molecule has 4 atom stereocenters. The molecule has 1 saturated heterocycles. The molecule has 0 saturated carbocycles. The highest BCUT2D eigenvalue weighted by Crippen LogP contribution is 2.28. The molecule has 10 nitrogen and oxygen atoms in total. The summed E-state index contributed by atoms with van der Waals surface area (Å²) in [5.41, 5.74) is -1.73. The molecule has 2 heterocycles. The van der Waals surface area contributed by atoms with Gasteiger partial charge < -0.3 is 24.8 Å². The Morgan fingerprint density at radius 2 is 2.09 bits per heavy atom. The lowest BCUT2D eigenvalue weighted by molar-refractivity contribution is -0.147. The van der Waals surface area contributed by atoms with E-state index in [4.69, 9.17) is 14.6 Å². The highest BCUT2D eigenvalue weighted by Gasteiger charge is 2.44. The summed E-state index contributed by atoms with van der Waals surface area (Å²) in [4.78, 5) is 35.9. The van der Waals surface area contributed by atoms with Gasteiger partial charge in [-0.05, 0) is 0 Å². The lowest BCUT2D eigenvalue weighted by Crippen LogP contribution is -2.39. The lowest BCUT2D eigenvalue weighted by atomic mass is 10.1. The van der Waals surface area contributed by atoms with Crippen LogP contribution in [-0.4, -0.2) is 55.8 Å². The van der Waals surface area contributed by atoms with E-state index in [2.05, 4.69) is 0 Å². The van der Waals surface area contributed by atoms with Crippen LogP contribution in [0.5, 0.6) is 0 Å². The van der Waals surface area contributed by atoms with Gasteiger partial charge in [0.1, 0.15) is 24.9 Å². The van der Waals surface area contributed by atoms with Crippen LogP contribution in [0.1, 0.15) is 18.7 Å². The Balaban J connectivity index is 2.28. The van der Waals surface area contributed by atoms with Gasteiger partial charge in [0, 0.05) is 13.1 Å². The average Bonchev–Trinajstić information content (AvgIpc) is 2.73. The molecule has 0 spiro atoms. The second kappa shape index (κ2) is 6.40. The van der Waals surface area contributed by atoms with Gasteiger partial charge in [-0.15, -0.1) is 0 Å². The van der Waals surface area contributed by atoms with Crippen molar-refractivity contribution in [2.24, 2.45) is 0 Å². The maximum atomic E-state index is 11.8. The zero-order chi connectivity index (χ0) is 16.4. The van der Waals surface area contributed by atoms with E-state index in [9.17, 15) is 24.6 Å². The van der Waals surface area contributed by atoms with Gasteiger partial charge in [0.15, 0.2) is 6.23 Å². The zero-order valence-corrected chi connectivity index (χ0v) is 11.6. The van der Waals surface area contributed by atoms with E-state index in [1.165, 1.54) is 6.92 Å². The van der Waals surface area contributed by atoms with Crippen LogP contribution in [0.25, 0.3) is 0 Å². The maximum absolute atomic E-state index is 11.8. The lowest BCUT2D eigenvalue weighted by Gasteiger charge is -2.17. The number of nitrogens with zero attached hydrogens (tertiary/aromatic N) is 1. The SMILES string of the molecule is CC(=O)OC[C@H]1O[C@@H](n2cc(CO)c(=O)[nH]c2=O)[C@H](O)[C@@H]1O. The Bertz CT molecular complexity index is 666. The maximum Gasteiger partial charge on any atom is 0.330 e. The number of aromatic amines is 1. The first-order valence-electron chi connectivity index (χ1n) is 6.45. The number of carbonyl (C=O) groups is 1. The molecule has 2 rings (SSSR count). The number of carbonyl (C=O) groups excluding carboxylic acids is 1. The third-order valence-corrected chi connectivity index (χ3v) is 3.27. The average molecular weight is 316 g/mol. The molecule has 1 aliphatic rings. The van der Waals surface area contributed by atoms with Crippen molar-refractivity contribution in [3.05, 3.63) is 32.6 Å². The minimum Gasteiger partial charge on any atom is -0.463 e. The molecule has 0 bridgehead atoms. The topological polar surface area (TPSA) is 151 Å². The predicted molar refractivity (Wildman–Crippen MR) is 69.8 cm³/mol. The molecule has 1 aromatic rings. The molecule has 1 aliphatic heterocycles. The Labute approximate surface area is 123 Å². The summed E-state index contributed by atoms with van der Waals surface area (Å²) in [6.45, 7) is 0.266. The van der Waals surface area contributed by atoms with Crippen LogP contribution in [0.15, 0.2) is 15.8 Å². The molecule has 0 aromatic carbocycles. The third kappa shape index (κ3) is 3.09. The van der Waals surface area contributed by atoms with Crippen LogP contribution < -0.4 is 11.2 Å². The molecular weight excluding hydrogens is 300 g/mol. The van der Waals surface area contributed by atoms with Crippen molar-refractivity contribution in [3.63, 3.8) is 0 Å². The highest BCUT2D eigenvalue weighted by molar-refractivity contribution is 5.65. The van der Waals surface area contributed by atoms with Gasteiger partial charge in [0.05, 0.1) is 12.2 Å². The first-order valence-corrected chi connectivity index (χ1v) is 6.45. The van der Waals surface area contributed by atoms with Crippen molar-refractivity contribution in [1.82, 2.24) is 9.55 Å². The van der Waals surface area contributed by atoms with Gasteiger partial charge in [-0.2, -0.15) is 0 Å². The third-order valence-electron chi connectivity index (χ3n) is 3.27. The number of aliphatic hydroxyl groups is 3. The number of aliphatic hydroxyl groups excluding tert-OH is 3. The Morgan fingerprint density at radius 1 is 1.41 bits per heavy atom. The van der Waals surface area contributed by atoms with E-state index >= 15 is 0 Å². The van der Waals surface area contributed by atoms with Crippen molar-refractivity contribution in [2.45, 2.75) is 38.1 Å². The number of H-pyrrole nitrogens is 1. The molecule has 122 valence electrons. The van der Waals surface area contributed by atoms with Crippen molar-refractivity contribution >= 4 is 5.97 Å². The van der Waals surface area contributed by atoms with Crippen LogP contribution >= 0.6 is 0 Å². The summed E-state index contributed by atoms with van der Waals surface area (Å²) in [6.07, 6.45) is -4.14. The normalized spacial score (nSPS) is 27.8. The second-order valence-corrected chi connectivity index (χ2v) is 4.83. The van der Waals surface area contributed by atoms with Crippen molar-refractivity contribution in [1.29, 1.82) is 0 Å². The molecule has 0 amide bonds. The first kappa shape index (κ1) is 16.4. The molecule has 0 unspecified atom stereocenters. The van der Waals surface area contributed by atoms with Gasteiger partial charge in [-0.1, -0.05) is 0 Å². The van der Waals surface area contributed by atoms with Crippen LogP contribution in [0, 0.1) is 0 Å². The quantitative estimate of drug-likeness (QED) is 0.435. The minimum atomic E-state index is -1.48. The van der Waals surface area contributed by atoms with Gasteiger partial charge in [0.2, 0.25) is 0 Å². The number of rotatable bonds is 4. The number of hydrogen-bond acceptors (Lipinski definition) is 8. The van der Waals surface area contributed by atoms with Gasteiger partial charge in [-0.3, -0.25) is 19.1 Å². The molecule has 22 heavy (non-hydrogen) atoms. The largest absolute Gasteiger partial charge is 0.463 e. The van der Waals surface area contributed by atoms with Gasteiger partial charge in [0.25, 0.3) is 5.56 Å². The van der Waals surface area contributed by atoms with Crippen molar-refractivity contribution in [2.75, 3.05) is 6.61 Å². The number of esters is 1. The number of hydrogen-bond donors (Lipinski definition) is 4. The van der Waals surface area contributed by atoms with E-state index in [1.54, 1.807) is 0 Å². The molecule has 4 N–H and O–H groups in total. The van der Waals surface area contributed by atoms with Crippen LogP contribution in [0.3, 0.4) is 0 Å². The first-order chi connectivity index (χ1) is 10.3. The Kier molecular flexibility index (Phi) is 4.76. The fourth-order valence-corrected chi connectivity index (χ4v) is 2.12. The van der Waals surface area contributed by atoms with Crippen LogP contribution in [-0.2, 0) is 20.9 Å². The van der Waals surface area contributed by atoms with E-state index in [0.717, 1.165) is 10.8 Å². The minimum absolute atomic E-state index is 0.103. The molecule has 10 heteroatoms. The van der Waals surface area contributed by atoms with Gasteiger partial charge >= 0.3 is 11.7 Å². The highest BCUT2D eigenvalue weighted by atomic mass is 16.6. The molecule has 0 aliphatic carbocycles. The van der Waals surface area contributed by atoms with E-state index in [-0.39, 0.29) is 12.2 Å². The van der Waals surface area contributed by atoms with Crippen molar-refractivity contribution < 1.29 is 29.6 Å². The molecule has 1 fully saturated rings. The summed E-state index contributed by atoms with van der Waals surface area (Å²) >= 11 is 0. The molecule has 1 aromatic heterocycles. The smallest absolute Gasteiger partial charge is 0.330 e. The summed E-state index contributed by atoms with van der Waals surface area (Å²) < 4.78 is 10.9. The van der Waals surface area contributed by atoms with E-state index in [0.29, 0.717) is 0 Å². The Hall–Kier alpha value is -2.01. The number of aromatic nitrogens is 2. The summed E-state index contributed by atoms with van der Waals surface area (Å²) in [6, 6.07) is 0. The fraction of sp³-hybridized carbons (Fsp3) is 0.583. The molecule has 0 radical (unpaired) electrons. The fourth-order valence-electron chi connectivity index (χ4n) is 2.12. The number of nitrogens with one attached hydrogen (secondary N) is 1. The number of ether oxygens (including phenoxy) is 2. The van der Waals surface area contributed by atoms with Gasteiger partial charge in [-0.25, -0.2) is 4.79 Å². The summed E-state index contributed by atoms with van der Waals surface area (Å²) in [7, 11) is 0. The van der Waals surface area contributed by atoms with E-state index in [1.807, 2.05) is 4.98 Å². The summed E-state index contributed by atoms with van der Waals surface area (Å²) in [5, 5.41) is 28.9. The van der Waals surface area contributed by atoms with Crippen LogP contribution in [0.4, 0.5) is 0 Å². The Morgan fingerprint density at radius 3 is 2.68 bits per heavy atom. The summed E-state index contributed by atoms with van der Waals surface area (Å²) in [5.74, 6) is -0.586. The monoisotopic (exact) mass is 316 g/mol.